The van der Waals surface area contributed by atoms with E-state index in [1.807, 2.05) is 23.0 Å². The van der Waals surface area contributed by atoms with Crippen molar-refractivity contribution in [3.8, 4) is 16.5 Å². The molecule has 0 radical (unpaired) electrons. The van der Waals surface area contributed by atoms with Crippen LogP contribution in [0.15, 0.2) is 29.4 Å². The van der Waals surface area contributed by atoms with Crippen LogP contribution in [0.25, 0.3) is 10.7 Å². The maximum absolute atomic E-state index is 12.7. The summed E-state index contributed by atoms with van der Waals surface area (Å²) in [7, 11) is 1.95. The van der Waals surface area contributed by atoms with E-state index in [-0.39, 0.29) is 24.1 Å². The lowest BCUT2D eigenvalue weighted by Gasteiger charge is -2.19. The third-order valence-corrected chi connectivity index (χ3v) is 8.34. The molecule has 3 aromatic rings. The van der Waals surface area contributed by atoms with Crippen molar-refractivity contribution in [2.24, 2.45) is 13.0 Å². The number of Topliss-reactive ketones (excluding diaryl/α,β-unsaturated/α-hetero) is 1. The first-order valence-electron chi connectivity index (χ1n) is 10.8. The zero-order valence-corrected chi connectivity index (χ0v) is 19.6. The zero-order valence-electron chi connectivity index (χ0n) is 18.0. The van der Waals surface area contributed by atoms with Gasteiger partial charge in [-0.25, -0.2) is 0 Å². The summed E-state index contributed by atoms with van der Waals surface area (Å²) >= 11 is 3.19. The first kappa shape index (κ1) is 21.2. The van der Waals surface area contributed by atoms with E-state index in [9.17, 15) is 9.59 Å². The Hall–Kier alpha value is -2.65. The lowest BCUT2D eigenvalue weighted by atomic mass is 9.87. The van der Waals surface area contributed by atoms with Crippen LogP contribution in [0.2, 0.25) is 0 Å². The van der Waals surface area contributed by atoms with E-state index >= 15 is 0 Å². The fourth-order valence-electron chi connectivity index (χ4n) is 4.18. The predicted molar refractivity (Wildman–Crippen MR) is 126 cm³/mol. The molecule has 2 aromatic heterocycles. The molecular weight excluding hydrogens is 444 g/mol. The van der Waals surface area contributed by atoms with E-state index in [0.717, 1.165) is 29.5 Å². The van der Waals surface area contributed by atoms with Crippen LogP contribution in [0.5, 0.6) is 5.75 Å². The van der Waals surface area contributed by atoms with Crippen LogP contribution in [0.3, 0.4) is 0 Å². The molecule has 0 unspecified atom stereocenters. The monoisotopic (exact) mass is 468 g/mol. The maximum Gasteiger partial charge on any atom is 0.262 e. The highest BCUT2D eigenvalue weighted by atomic mass is 32.2. The second-order valence-electron chi connectivity index (χ2n) is 8.20. The number of thiophene rings is 1. The second-order valence-corrected chi connectivity index (χ2v) is 10.3. The Bertz CT molecular complexity index is 1200. The Kier molecular flexibility index (Phi) is 5.77. The smallest absolute Gasteiger partial charge is 0.262 e. The van der Waals surface area contributed by atoms with Crippen molar-refractivity contribution in [3.63, 3.8) is 0 Å². The van der Waals surface area contributed by atoms with Crippen molar-refractivity contribution in [1.82, 2.24) is 14.8 Å². The zero-order chi connectivity index (χ0) is 22.2. The number of nitrogens with zero attached hydrogens (tertiary/aromatic N) is 3. The minimum Gasteiger partial charge on any atom is -0.482 e. The van der Waals surface area contributed by atoms with Gasteiger partial charge in [0.1, 0.15) is 5.75 Å². The number of ether oxygens (including phenoxy) is 1. The first-order chi connectivity index (χ1) is 15.5. The van der Waals surface area contributed by atoms with Crippen LogP contribution in [-0.4, -0.2) is 38.8 Å². The number of ketones is 1. The van der Waals surface area contributed by atoms with Crippen molar-refractivity contribution in [1.29, 1.82) is 0 Å². The van der Waals surface area contributed by atoms with Crippen LogP contribution in [0.4, 0.5) is 5.69 Å². The molecule has 3 heterocycles. The Labute approximate surface area is 194 Å². The summed E-state index contributed by atoms with van der Waals surface area (Å²) in [6.07, 6.45) is 4.80. The molecule has 0 fully saturated rings. The number of hydrogen-bond acceptors (Lipinski definition) is 7. The number of anilines is 1. The van der Waals surface area contributed by atoms with Gasteiger partial charge in [0, 0.05) is 17.5 Å². The Morgan fingerprint density at radius 2 is 2.22 bits per heavy atom. The SMILES string of the molecule is CC[C@H]1CCc2sc(-c3nnc(SCC(=O)c4ccc5c(c4)NC(=O)CO5)n3C)cc2C1. The first-order valence-corrected chi connectivity index (χ1v) is 12.6. The fraction of sp³-hybridized carbons (Fsp3) is 0.391. The third kappa shape index (κ3) is 4.06. The quantitative estimate of drug-likeness (QED) is 0.427. The second kappa shape index (κ2) is 8.71. The molecule has 1 aromatic carbocycles. The summed E-state index contributed by atoms with van der Waals surface area (Å²) in [5, 5.41) is 12.2. The van der Waals surface area contributed by atoms with Crippen molar-refractivity contribution in [2.75, 3.05) is 17.7 Å². The molecule has 2 aliphatic rings. The molecule has 1 amide bonds. The number of fused-ring (bicyclic) bond motifs is 2. The number of benzene rings is 1. The molecule has 1 atom stereocenters. The minimum atomic E-state index is -0.219. The molecule has 9 heteroatoms. The molecule has 0 spiro atoms. The van der Waals surface area contributed by atoms with Gasteiger partial charge in [0.05, 0.1) is 16.3 Å². The molecule has 0 saturated heterocycles. The van der Waals surface area contributed by atoms with Crippen LogP contribution in [-0.2, 0) is 24.7 Å². The van der Waals surface area contributed by atoms with E-state index in [4.69, 9.17) is 4.74 Å². The molecule has 1 aliphatic carbocycles. The third-order valence-electron chi connectivity index (χ3n) is 6.08. The van der Waals surface area contributed by atoms with E-state index in [1.165, 1.54) is 35.0 Å². The minimum absolute atomic E-state index is 0.00293. The molecule has 0 bridgehead atoms. The molecule has 5 rings (SSSR count). The van der Waals surface area contributed by atoms with Crippen molar-refractivity contribution in [2.45, 2.75) is 37.8 Å². The Morgan fingerprint density at radius 3 is 3.06 bits per heavy atom. The average molecular weight is 469 g/mol. The van der Waals surface area contributed by atoms with Crippen molar-refractivity contribution in [3.05, 3.63) is 40.3 Å². The Morgan fingerprint density at radius 1 is 1.34 bits per heavy atom. The number of aryl methyl sites for hydroxylation is 1. The largest absolute Gasteiger partial charge is 0.482 e. The average Bonchev–Trinajstić information content (AvgIpc) is 3.39. The number of thioether (sulfide) groups is 1. The van der Waals surface area contributed by atoms with Gasteiger partial charge in [-0.1, -0.05) is 25.1 Å². The highest BCUT2D eigenvalue weighted by Gasteiger charge is 2.23. The van der Waals surface area contributed by atoms with E-state index in [0.29, 0.717) is 22.2 Å². The number of carbonyl (C=O) groups excluding carboxylic acids is 2. The van der Waals surface area contributed by atoms with Crippen molar-refractivity contribution >= 4 is 40.5 Å². The lowest BCUT2D eigenvalue weighted by molar-refractivity contribution is -0.118. The Balaban J connectivity index is 1.28. The van der Waals surface area contributed by atoms with Gasteiger partial charge < -0.3 is 14.6 Å². The van der Waals surface area contributed by atoms with Crippen molar-refractivity contribution < 1.29 is 14.3 Å². The van der Waals surface area contributed by atoms with Gasteiger partial charge in [0.25, 0.3) is 5.91 Å². The number of rotatable bonds is 6. The highest BCUT2D eigenvalue weighted by molar-refractivity contribution is 7.99. The number of nitrogens with one attached hydrogen (secondary N) is 1. The summed E-state index contributed by atoms with van der Waals surface area (Å²) in [4.78, 5) is 26.9. The van der Waals surface area contributed by atoms with Crippen LogP contribution >= 0.6 is 23.1 Å². The van der Waals surface area contributed by atoms with Gasteiger partial charge in [-0.05, 0) is 55.0 Å². The molecule has 1 aliphatic heterocycles. The van der Waals surface area contributed by atoms with E-state index in [2.05, 4.69) is 28.5 Å². The summed E-state index contributed by atoms with van der Waals surface area (Å²) < 4.78 is 7.32. The summed E-state index contributed by atoms with van der Waals surface area (Å²) in [5.74, 6) is 2.18. The molecule has 1 N–H and O–H groups in total. The highest BCUT2D eigenvalue weighted by Crippen LogP contribution is 2.38. The number of hydrogen-bond donors (Lipinski definition) is 1. The van der Waals surface area contributed by atoms with Crippen LogP contribution in [0, 0.1) is 5.92 Å². The fourth-order valence-corrected chi connectivity index (χ4v) is 6.22. The van der Waals surface area contributed by atoms with Gasteiger partial charge >= 0.3 is 0 Å². The maximum atomic E-state index is 12.7. The normalized spacial score (nSPS) is 17.3. The number of aromatic nitrogens is 3. The van der Waals surface area contributed by atoms with E-state index in [1.54, 1.807) is 18.2 Å². The van der Waals surface area contributed by atoms with Gasteiger partial charge in [-0.3, -0.25) is 9.59 Å². The lowest BCUT2D eigenvalue weighted by Crippen LogP contribution is -2.25. The van der Waals surface area contributed by atoms with Crippen LogP contribution in [0.1, 0.15) is 40.6 Å². The summed E-state index contributed by atoms with van der Waals surface area (Å²) in [5.41, 5.74) is 2.52. The topological polar surface area (TPSA) is 86.1 Å². The van der Waals surface area contributed by atoms with Gasteiger partial charge in [0.2, 0.25) is 0 Å². The van der Waals surface area contributed by atoms with Gasteiger partial charge in [-0.15, -0.1) is 21.5 Å². The van der Waals surface area contributed by atoms with Crippen LogP contribution < -0.4 is 10.1 Å². The predicted octanol–water partition coefficient (Wildman–Crippen LogP) is 4.36. The molecular formula is C23H24N4O3S2. The molecule has 166 valence electrons. The molecule has 0 saturated carbocycles. The van der Waals surface area contributed by atoms with Gasteiger partial charge in [-0.2, -0.15) is 0 Å². The van der Waals surface area contributed by atoms with E-state index < -0.39 is 0 Å². The number of carbonyl (C=O) groups is 2. The number of amides is 1. The standard InChI is InChI=1S/C23H24N4O3S2/c1-3-13-4-7-19-15(8-13)10-20(32-19)22-25-26-23(27(22)2)31-12-17(28)14-5-6-18-16(9-14)24-21(29)11-30-18/h5-6,9-10,13H,3-4,7-8,11-12H2,1-2H3,(H,24,29)/t13-/m0/s1. The molecule has 32 heavy (non-hydrogen) atoms. The molecule has 7 nitrogen and oxygen atoms in total. The van der Waals surface area contributed by atoms with Gasteiger partial charge in [0.15, 0.2) is 23.4 Å². The summed E-state index contributed by atoms with van der Waals surface area (Å²) in [6.45, 7) is 2.27. The summed E-state index contributed by atoms with van der Waals surface area (Å²) in [6, 6.07) is 7.38.